The second kappa shape index (κ2) is 8.37. The van der Waals surface area contributed by atoms with E-state index in [1.807, 2.05) is 18.3 Å². The van der Waals surface area contributed by atoms with Gasteiger partial charge in [-0.2, -0.15) is 0 Å². The van der Waals surface area contributed by atoms with Gasteiger partial charge in [0.05, 0.1) is 4.90 Å². The number of para-hydroxylation sites is 1. The number of aryl methyl sites for hydroxylation is 1. The Labute approximate surface area is 159 Å². The molecule has 0 unspecified atom stereocenters. The number of hydrogen-bond acceptors (Lipinski definition) is 3. The van der Waals surface area contributed by atoms with Crippen molar-refractivity contribution in [3.63, 3.8) is 0 Å². The fourth-order valence-corrected chi connectivity index (χ4v) is 4.05. The Kier molecular flexibility index (Phi) is 5.93. The monoisotopic (exact) mass is 385 g/mol. The summed E-state index contributed by atoms with van der Waals surface area (Å²) < 4.78 is 28.7. The molecule has 1 amide bonds. The van der Waals surface area contributed by atoms with E-state index in [1.165, 1.54) is 23.0 Å². The summed E-state index contributed by atoms with van der Waals surface area (Å²) in [5, 5.41) is 4.05. The number of hydrogen-bond donors (Lipinski definition) is 2. The number of fused-ring (bicyclic) bond motifs is 1. The molecule has 142 valence electrons. The smallest absolute Gasteiger partial charge is 0.251 e. The van der Waals surface area contributed by atoms with Gasteiger partial charge < -0.3 is 9.88 Å². The SMILES string of the molecule is CCNS(=O)(=O)c1cccc(C(=O)NCCCn2ccc3ccccc32)c1. The van der Waals surface area contributed by atoms with Gasteiger partial charge in [0.2, 0.25) is 10.0 Å². The van der Waals surface area contributed by atoms with Gasteiger partial charge in [0, 0.05) is 36.9 Å². The molecule has 7 heteroatoms. The second-order valence-corrected chi connectivity index (χ2v) is 7.97. The van der Waals surface area contributed by atoms with Crippen LogP contribution < -0.4 is 10.0 Å². The quantitative estimate of drug-likeness (QED) is 0.585. The summed E-state index contributed by atoms with van der Waals surface area (Å²) in [6.07, 6.45) is 2.82. The number of nitrogens with one attached hydrogen (secondary N) is 2. The Balaban J connectivity index is 1.57. The number of sulfonamides is 1. The molecule has 0 saturated carbocycles. The van der Waals surface area contributed by atoms with Crippen molar-refractivity contribution in [3.8, 4) is 0 Å². The average molecular weight is 385 g/mol. The minimum absolute atomic E-state index is 0.0933. The van der Waals surface area contributed by atoms with E-state index in [0.717, 1.165) is 13.0 Å². The van der Waals surface area contributed by atoms with E-state index >= 15 is 0 Å². The molecule has 2 N–H and O–H groups in total. The minimum atomic E-state index is -3.58. The van der Waals surface area contributed by atoms with Gasteiger partial charge in [0.25, 0.3) is 5.91 Å². The van der Waals surface area contributed by atoms with Crippen LogP contribution in [0.5, 0.6) is 0 Å². The fraction of sp³-hybridized carbons (Fsp3) is 0.250. The molecule has 0 radical (unpaired) electrons. The Bertz CT molecular complexity index is 1040. The van der Waals surface area contributed by atoms with Crippen LogP contribution in [0.25, 0.3) is 10.9 Å². The van der Waals surface area contributed by atoms with Gasteiger partial charge in [-0.3, -0.25) is 4.79 Å². The Hall–Kier alpha value is -2.64. The summed E-state index contributed by atoms with van der Waals surface area (Å²) in [5.41, 5.74) is 1.51. The van der Waals surface area contributed by atoms with E-state index in [2.05, 4.69) is 32.8 Å². The van der Waals surface area contributed by atoms with Crippen LogP contribution in [0.2, 0.25) is 0 Å². The lowest BCUT2D eigenvalue weighted by molar-refractivity contribution is 0.0952. The molecule has 3 rings (SSSR count). The summed E-state index contributed by atoms with van der Waals surface area (Å²) >= 11 is 0. The summed E-state index contributed by atoms with van der Waals surface area (Å²) in [4.78, 5) is 12.4. The van der Waals surface area contributed by atoms with Crippen LogP contribution in [0, 0.1) is 0 Å². The number of carbonyl (C=O) groups excluding carboxylic acids is 1. The van der Waals surface area contributed by atoms with E-state index in [0.29, 0.717) is 18.7 Å². The molecule has 0 fully saturated rings. The molecule has 0 aliphatic rings. The molecule has 6 nitrogen and oxygen atoms in total. The van der Waals surface area contributed by atoms with Crippen LogP contribution in [0.15, 0.2) is 65.7 Å². The van der Waals surface area contributed by atoms with Gasteiger partial charge in [0.15, 0.2) is 0 Å². The van der Waals surface area contributed by atoms with Crippen LogP contribution in [-0.2, 0) is 16.6 Å². The maximum atomic E-state index is 12.3. The number of aromatic nitrogens is 1. The minimum Gasteiger partial charge on any atom is -0.352 e. The second-order valence-electron chi connectivity index (χ2n) is 6.21. The number of rotatable bonds is 8. The van der Waals surface area contributed by atoms with Crippen molar-refractivity contribution in [3.05, 3.63) is 66.4 Å². The zero-order valence-corrected chi connectivity index (χ0v) is 16.0. The van der Waals surface area contributed by atoms with Crippen molar-refractivity contribution in [2.24, 2.45) is 0 Å². The number of benzene rings is 2. The highest BCUT2D eigenvalue weighted by Gasteiger charge is 2.15. The molecule has 3 aromatic rings. The predicted molar refractivity (Wildman–Crippen MR) is 106 cm³/mol. The third-order valence-electron chi connectivity index (χ3n) is 4.28. The lowest BCUT2D eigenvalue weighted by Crippen LogP contribution is -2.26. The van der Waals surface area contributed by atoms with Crippen molar-refractivity contribution in [2.75, 3.05) is 13.1 Å². The van der Waals surface area contributed by atoms with Gasteiger partial charge in [-0.05, 0) is 42.1 Å². The highest BCUT2D eigenvalue weighted by atomic mass is 32.2. The molecule has 0 aliphatic carbocycles. The molecule has 0 bridgehead atoms. The van der Waals surface area contributed by atoms with Crippen LogP contribution in [0.1, 0.15) is 23.7 Å². The third kappa shape index (κ3) is 4.56. The van der Waals surface area contributed by atoms with Crippen molar-refractivity contribution < 1.29 is 13.2 Å². The fourth-order valence-electron chi connectivity index (χ4n) is 2.97. The summed E-state index contributed by atoms with van der Waals surface area (Å²) in [6.45, 7) is 3.31. The van der Waals surface area contributed by atoms with E-state index in [4.69, 9.17) is 0 Å². The number of carbonyl (C=O) groups is 1. The average Bonchev–Trinajstić information content (AvgIpc) is 3.08. The lowest BCUT2D eigenvalue weighted by atomic mass is 10.2. The third-order valence-corrected chi connectivity index (χ3v) is 5.83. The maximum Gasteiger partial charge on any atom is 0.251 e. The first kappa shape index (κ1) is 19.1. The largest absolute Gasteiger partial charge is 0.352 e. The van der Waals surface area contributed by atoms with E-state index in [1.54, 1.807) is 19.1 Å². The lowest BCUT2D eigenvalue weighted by Gasteiger charge is -2.09. The summed E-state index contributed by atoms with van der Waals surface area (Å²) in [6, 6.07) is 16.3. The topological polar surface area (TPSA) is 80.2 Å². The highest BCUT2D eigenvalue weighted by molar-refractivity contribution is 7.89. The first-order valence-corrected chi connectivity index (χ1v) is 10.4. The maximum absolute atomic E-state index is 12.3. The first-order valence-electron chi connectivity index (χ1n) is 8.93. The molecule has 1 heterocycles. The molecule has 27 heavy (non-hydrogen) atoms. The van der Waals surface area contributed by atoms with Crippen LogP contribution >= 0.6 is 0 Å². The van der Waals surface area contributed by atoms with Gasteiger partial charge in [-0.15, -0.1) is 0 Å². The molecule has 0 saturated heterocycles. The summed E-state index contributed by atoms with van der Waals surface area (Å²) in [7, 11) is -3.58. The van der Waals surface area contributed by atoms with Crippen molar-refractivity contribution in [1.82, 2.24) is 14.6 Å². The molecule has 0 atom stereocenters. The Morgan fingerprint density at radius 2 is 1.89 bits per heavy atom. The molecular weight excluding hydrogens is 362 g/mol. The summed E-state index contributed by atoms with van der Waals surface area (Å²) in [5.74, 6) is -0.277. The highest BCUT2D eigenvalue weighted by Crippen LogP contribution is 2.15. The van der Waals surface area contributed by atoms with Crippen LogP contribution in [-0.4, -0.2) is 32.0 Å². The van der Waals surface area contributed by atoms with Gasteiger partial charge >= 0.3 is 0 Å². The van der Waals surface area contributed by atoms with Crippen LogP contribution in [0.3, 0.4) is 0 Å². The first-order chi connectivity index (χ1) is 13.0. The van der Waals surface area contributed by atoms with Gasteiger partial charge in [-0.25, -0.2) is 13.1 Å². The number of nitrogens with zero attached hydrogens (tertiary/aromatic N) is 1. The van der Waals surface area contributed by atoms with E-state index in [9.17, 15) is 13.2 Å². The van der Waals surface area contributed by atoms with E-state index < -0.39 is 10.0 Å². The standard InChI is InChI=1S/C20H23N3O3S/c1-2-22-27(25,26)18-9-5-8-17(15-18)20(24)21-12-6-13-23-14-11-16-7-3-4-10-19(16)23/h3-5,7-11,14-15,22H,2,6,12-13H2,1H3,(H,21,24). The normalized spacial score (nSPS) is 11.6. The zero-order valence-electron chi connectivity index (χ0n) is 15.2. The van der Waals surface area contributed by atoms with Gasteiger partial charge in [-0.1, -0.05) is 31.2 Å². The molecule has 0 aliphatic heterocycles. The van der Waals surface area contributed by atoms with Crippen molar-refractivity contribution >= 4 is 26.8 Å². The Morgan fingerprint density at radius 1 is 1.07 bits per heavy atom. The molecule has 0 spiro atoms. The molecule has 2 aromatic carbocycles. The van der Waals surface area contributed by atoms with Crippen LogP contribution in [0.4, 0.5) is 0 Å². The number of amides is 1. The Morgan fingerprint density at radius 3 is 2.70 bits per heavy atom. The zero-order chi connectivity index (χ0) is 19.3. The van der Waals surface area contributed by atoms with E-state index in [-0.39, 0.29) is 10.8 Å². The van der Waals surface area contributed by atoms with Crippen molar-refractivity contribution in [2.45, 2.75) is 24.8 Å². The predicted octanol–water partition coefficient (Wildman–Crippen LogP) is 2.76. The van der Waals surface area contributed by atoms with Gasteiger partial charge in [0.1, 0.15) is 0 Å². The molecule has 1 aromatic heterocycles. The molecular formula is C20H23N3O3S. The van der Waals surface area contributed by atoms with Crippen molar-refractivity contribution in [1.29, 1.82) is 0 Å².